The number of ether oxygens (including phenoxy) is 1. The third-order valence-electron chi connectivity index (χ3n) is 5.55. The van der Waals surface area contributed by atoms with E-state index in [1.165, 1.54) is 48.9 Å². The van der Waals surface area contributed by atoms with Gasteiger partial charge in [0, 0.05) is 50.7 Å². The van der Waals surface area contributed by atoms with Gasteiger partial charge in [-0.1, -0.05) is 30.3 Å². The summed E-state index contributed by atoms with van der Waals surface area (Å²) in [5.74, 6) is 0.966. The van der Waals surface area contributed by atoms with Gasteiger partial charge in [0.15, 0.2) is 0 Å². The summed E-state index contributed by atoms with van der Waals surface area (Å²) in [6.45, 7) is 8.10. The van der Waals surface area contributed by atoms with Gasteiger partial charge in [-0.05, 0) is 30.0 Å². The van der Waals surface area contributed by atoms with Crippen LogP contribution in [-0.4, -0.2) is 62.2 Å². The minimum atomic E-state index is 0. The van der Waals surface area contributed by atoms with Gasteiger partial charge in [0.1, 0.15) is 5.75 Å². The molecule has 4 nitrogen and oxygen atoms in total. The molecule has 25 heavy (non-hydrogen) atoms. The number of piperazine rings is 1. The van der Waals surface area contributed by atoms with Crippen LogP contribution in [0.4, 0.5) is 0 Å². The molecule has 1 unspecified atom stereocenters. The lowest BCUT2D eigenvalue weighted by Gasteiger charge is -2.38. The van der Waals surface area contributed by atoms with Gasteiger partial charge in [-0.15, -0.1) is 12.4 Å². The molecule has 0 bridgehead atoms. The molecule has 0 spiro atoms. The van der Waals surface area contributed by atoms with E-state index in [0.717, 1.165) is 31.4 Å². The molecular formula is C20H28ClN3O. The Morgan fingerprint density at radius 1 is 1.04 bits per heavy atom. The van der Waals surface area contributed by atoms with E-state index in [4.69, 9.17) is 4.74 Å². The topological polar surface area (TPSA) is 27.7 Å². The second-order valence-corrected chi connectivity index (χ2v) is 6.93. The molecule has 136 valence electrons. The van der Waals surface area contributed by atoms with Crippen LogP contribution in [0.15, 0.2) is 36.4 Å². The number of nitrogens with one attached hydrogen (secondary N) is 1. The molecule has 5 heteroatoms. The molecule has 2 aromatic carbocycles. The van der Waals surface area contributed by atoms with E-state index in [0.29, 0.717) is 0 Å². The number of benzene rings is 2. The summed E-state index contributed by atoms with van der Waals surface area (Å²) in [5, 5.41) is 6.02. The lowest BCUT2D eigenvalue weighted by molar-refractivity contribution is 0.0984. The number of rotatable bonds is 4. The van der Waals surface area contributed by atoms with Crippen molar-refractivity contribution in [2.75, 3.05) is 46.4 Å². The highest BCUT2D eigenvalue weighted by Gasteiger charge is 2.26. The van der Waals surface area contributed by atoms with Crippen LogP contribution in [0.5, 0.6) is 5.75 Å². The maximum atomic E-state index is 5.52. The van der Waals surface area contributed by atoms with E-state index >= 15 is 0 Å². The zero-order valence-electron chi connectivity index (χ0n) is 14.9. The lowest BCUT2D eigenvalue weighted by Crippen LogP contribution is -2.50. The molecule has 0 radical (unpaired) electrons. The molecule has 0 aromatic heterocycles. The average Bonchev–Trinajstić information content (AvgIpc) is 3.17. The number of halogens is 1. The number of nitrogens with zero attached hydrogens (tertiary/aromatic N) is 2. The van der Waals surface area contributed by atoms with Gasteiger partial charge in [-0.25, -0.2) is 0 Å². The van der Waals surface area contributed by atoms with E-state index in [1.54, 1.807) is 7.11 Å². The van der Waals surface area contributed by atoms with Crippen molar-refractivity contribution in [2.45, 2.75) is 19.0 Å². The van der Waals surface area contributed by atoms with Crippen LogP contribution in [0.25, 0.3) is 10.8 Å². The summed E-state index contributed by atoms with van der Waals surface area (Å²) in [6, 6.07) is 13.7. The Morgan fingerprint density at radius 2 is 1.80 bits per heavy atom. The molecule has 2 fully saturated rings. The van der Waals surface area contributed by atoms with E-state index < -0.39 is 0 Å². The zero-order chi connectivity index (χ0) is 16.4. The molecule has 1 atom stereocenters. The quantitative estimate of drug-likeness (QED) is 0.906. The highest BCUT2D eigenvalue weighted by molar-refractivity contribution is 5.91. The maximum absolute atomic E-state index is 5.52. The second-order valence-electron chi connectivity index (χ2n) is 6.93. The van der Waals surface area contributed by atoms with Crippen LogP contribution in [-0.2, 0) is 6.54 Å². The van der Waals surface area contributed by atoms with E-state index in [1.807, 2.05) is 0 Å². The van der Waals surface area contributed by atoms with Gasteiger partial charge in [0.2, 0.25) is 0 Å². The molecule has 0 aliphatic carbocycles. The van der Waals surface area contributed by atoms with Crippen LogP contribution in [0, 0.1) is 0 Å². The molecule has 0 saturated carbocycles. The van der Waals surface area contributed by atoms with Crippen molar-refractivity contribution in [3.05, 3.63) is 42.0 Å². The summed E-state index contributed by atoms with van der Waals surface area (Å²) < 4.78 is 5.52. The van der Waals surface area contributed by atoms with Gasteiger partial charge in [0.05, 0.1) is 7.11 Å². The smallest absolute Gasteiger partial charge is 0.126 e. The minimum Gasteiger partial charge on any atom is -0.496 e. The molecule has 2 aliphatic rings. The molecule has 2 saturated heterocycles. The normalized spacial score (nSPS) is 22.0. The lowest BCUT2D eigenvalue weighted by atomic mass is 10.0. The molecule has 2 heterocycles. The summed E-state index contributed by atoms with van der Waals surface area (Å²) in [4.78, 5) is 5.26. The van der Waals surface area contributed by atoms with Crippen LogP contribution < -0.4 is 10.1 Å². The maximum Gasteiger partial charge on any atom is 0.126 e. The number of fused-ring (bicyclic) bond motifs is 1. The SMILES string of the molecule is COc1ccc(CN2CCN(C3CCNC3)CC2)c2ccccc12.Cl. The highest BCUT2D eigenvalue weighted by Crippen LogP contribution is 2.29. The minimum absolute atomic E-state index is 0. The van der Waals surface area contributed by atoms with Crippen LogP contribution in [0.2, 0.25) is 0 Å². The Hall–Kier alpha value is -1.33. The fourth-order valence-electron chi connectivity index (χ4n) is 4.13. The fourth-order valence-corrected chi connectivity index (χ4v) is 4.13. The summed E-state index contributed by atoms with van der Waals surface area (Å²) >= 11 is 0. The Labute approximate surface area is 156 Å². The molecular weight excluding hydrogens is 334 g/mol. The third-order valence-corrected chi connectivity index (χ3v) is 5.55. The van der Waals surface area contributed by atoms with Crippen molar-refractivity contribution in [3.63, 3.8) is 0 Å². The predicted molar refractivity (Wildman–Crippen MR) is 106 cm³/mol. The van der Waals surface area contributed by atoms with Crippen LogP contribution in [0.1, 0.15) is 12.0 Å². The number of hydrogen-bond donors (Lipinski definition) is 1. The van der Waals surface area contributed by atoms with Crippen molar-refractivity contribution in [1.82, 2.24) is 15.1 Å². The Kier molecular flexibility index (Phi) is 6.18. The highest BCUT2D eigenvalue weighted by atomic mass is 35.5. The number of methoxy groups -OCH3 is 1. The Bertz CT molecular complexity index is 694. The van der Waals surface area contributed by atoms with Gasteiger partial charge < -0.3 is 10.1 Å². The monoisotopic (exact) mass is 361 g/mol. The van der Waals surface area contributed by atoms with Crippen LogP contribution >= 0.6 is 12.4 Å². The van der Waals surface area contributed by atoms with Crippen molar-refractivity contribution in [3.8, 4) is 5.75 Å². The Morgan fingerprint density at radius 3 is 2.48 bits per heavy atom. The summed E-state index contributed by atoms with van der Waals surface area (Å²) in [7, 11) is 1.75. The van der Waals surface area contributed by atoms with Crippen molar-refractivity contribution in [1.29, 1.82) is 0 Å². The third kappa shape index (κ3) is 3.93. The van der Waals surface area contributed by atoms with Crippen molar-refractivity contribution < 1.29 is 4.74 Å². The fraction of sp³-hybridized carbons (Fsp3) is 0.500. The second kappa shape index (κ2) is 8.37. The van der Waals surface area contributed by atoms with E-state index in [-0.39, 0.29) is 12.4 Å². The van der Waals surface area contributed by atoms with Crippen molar-refractivity contribution >= 4 is 23.2 Å². The van der Waals surface area contributed by atoms with Gasteiger partial charge >= 0.3 is 0 Å². The summed E-state index contributed by atoms with van der Waals surface area (Å²) in [6.07, 6.45) is 1.31. The van der Waals surface area contributed by atoms with Crippen molar-refractivity contribution in [2.24, 2.45) is 0 Å². The first-order valence-electron chi connectivity index (χ1n) is 9.07. The van der Waals surface area contributed by atoms with Gasteiger partial charge in [-0.3, -0.25) is 9.80 Å². The van der Waals surface area contributed by atoms with E-state index in [2.05, 4.69) is 51.5 Å². The largest absolute Gasteiger partial charge is 0.496 e. The molecule has 0 amide bonds. The van der Waals surface area contributed by atoms with Gasteiger partial charge in [-0.2, -0.15) is 0 Å². The first-order chi connectivity index (χ1) is 11.8. The molecule has 4 rings (SSSR count). The average molecular weight is 362 g/mol. The molecule has 2 aliphatic heterocycles. The standard InChI is InChI=1S/C20H27N3O.ClH/c1-24-20-7-6-16(18-4-2-3-5-19(18)20)15-22-10-12-23(13-11-22)17-8-9-21-14-17;/h2-7,17,21H,8-15H2,1H3;1H. The number of hydrogen-bond acceptors (Lipinski definition) is 4. The Balaban J connectivity index is 0.00000182. The molecule has 1 N–H and O–H groups in total. The zero-order valence-corrected chi connectivity index (χ0v) is 15.7. The first-order valence-corrected chi connectivity index (χ1v) is 9.07. The van der Waals surface area contributed by atoms with Crippen LogP contribution in [0.3, 0.4) is 0 Å². The van der Waals surface area contributed by atoms with Gasteiger partial charge in [0.25, 0.3) is 0 Å². The summed E-state index contributed by atoms with van der Waals surface area (Å²) in [5.41, 5.74) is 1.40. The molecule has 2 aromatic rings. The van der Waals surface area contributed by atoms with E-state index in [9.17, 15) is 0 Å². The first kappa shape index (κ1) is 18.5. The predicted octanol–water partition coefficient (Wildman–Crippen LogP) is 2.75.